The molecule has 0 radical (unpaired) electrons. The van der Waals surface area contributed by atoms with E-state index in [0.29, 0.717) is 6.42 Å². The summed E-state index contributed by atoms with van der Waals surface area (Å²) in [5.41, 5.74) is 1.04. The minimum atomic E-state index is -0.535. The Morgan fingerprint density at radius 2 is 2.38 bits per heavy atom. The van der Waals surface area contributed by atoms with Crippen molar-refractivity contribution in [1.29, 1.82) is 0 Å². The van der Waals surface area contributed by atoms with E-state index in [1.54, 1.807) is 13.3 Å². The first-order valence-corrected chi connectivity index (χ1v) is 5.88. The molecule has 0 aliphatic rings. The molecule has 1 atom stereocenters. The van der Waals surface area contributed by atoms with Gasteiger partial charge < -0.3 is 9.84 Å². The number of thiazole rings is 1. The molecule has 1 N–H and O–H groups in total. The Hall–Kier alpha value is -1.39. The van der Waals surface area contributed by atoms with Crippen LogP contribution in [0.3, 0.4) is 0 Å². The molecule has 0 aliphatic carbocycles. The van der Waals surface area contributed by atoms with Crippen molar-refractivity contribution < 1.29 is 9.84 Å². The Labute approximate surface area is 98.4 Å². The van der Waals surface area contributed by atoms with Gasteiger partial charge in [0.2, 0.25) is 0 Å². The van der Waals surface area contributed by atoms with Crippen molar-refractivity contribution in [3.63, 3.8) is 0 Å². The highest BCUT2D eigenvalue weighted by molar-refractivity contribution is 7.09. The molecule has 0 aliphatic heterocycles. The minimum Gasteiger partial charge on any atom is -0.497 e. The van der Waals surface area contributed by atoms with E-state index >= 15 is 0 Å². The van der Waals surface area contributed by atoms with E-state index in [-0.39, 0.29) is 0 Å². The Morgan fingerprint density at radius 3 is 3.06 bits per heavy atom. The minimum absolute atomic E-state index is 0.535. The maximum Gasteiger partial charge on any atom is 0.121 e. The molecular formula is C12H13NO2S. The first-order chi connectivity index (χ1) is 7.79. The first-order valence-electron chi connectivity index (χ1n) is 5.00. The van der Waals surface area contributed by atoms with Gasteiger partial charge in [-0.1, -0.05) is 12.1 Å². The predicted octanol–water partition coefficient (Wildman–Crippen LogP) is 2.43. The van der Waals surface area contributed by atoms with Crippen LogP contribution in [-0.2, 0) is 6.42 Å². The third-order valence-corrected chi connectivity index (χ3v) is 3.18. The lowest BCUT2D eigenvalue weighted by molar-refractivity contribution is 0.178. The number of nitrogens with zero attached hydrogens (tertiary/aromatic N) is 1. The van der Waals surface area contributed by atoms with Crippen molar-refractivity contribution >= 4 is 11.3 Å². The van der Waals surface area contributed by atoms with E-state index in [1.807, 2.05) is 29.6 Å². The lowest BCUT2D eigenvalue weighted by Crippen LogP contribution is -2.01. The van der Waals surface area contributed by atoms with E-state index < -0.39 is 6.10 Å². The van der Waals surface area contributed by atoms with Crippen molar-refractivity contribution in [3.05, 3.63) is 46.4 Å². The van der Waals surface area contributed by atoms with Crippen LogP contribution in [0.15, 0.2) is 35.8 Å². The molecule has 0 bridgehead atoms. The maximum absolute atomic E-state index is 9.93. The number of hydrogen-bond donors (Lipinski definition) is 1. The van der Waals surface area contributed by atoms with Gasteiger partial charge in [-0.15, -0.1) is 11.3 Å². The summed E-state index contributed by atoms with van der Waals surface area (Å²) in [5, 5.41) is 12.6. The number of ether oxygens (including phenoxy) is 1. The van der Waals surface area contributed by atoms with Crippen LogP contribution in [0.4, 0.5) is 0 Å². The molecule has 1 heterocycles. The van der Waals surface area contributed by atoms with E-state index in [4.69, 9.17) is 4.74 Å². The molecule has 2 aromatic rings. The number of aliphatic hydroxyl groups is 1. The summed E-state index contributed by atoms with van der Waals surface area (Å²) in [4.78, 5) is 4.09. The fraction of sp³-hybridized carbons (Fsp3) is 0.250. The van der Waals surface area contributed by atoms with Crippen molar-refractivity contribution in [2.24, 2.45) is 0 Å². The van der Waals surface area contributed by atoms with Crippen LogP contribution in [0.5, 0.6) is 5.75 Å². The molecule has 1 aromatic carbocycles. The zero-order chi connectivity index (χ0) is 11.4. The third kappa shape index (κ3) is 2.59. The summed E-state index contributed by atoms with van der Waals surface area (Å²) in [6.07, 6.45) is 1.73. The Bertz CT molecular complexity index is 442. The molecular weight excluding hydrogens is 222 g/mol. The normalized spacial score (nSPS) is 12.4. The Morgan fingerprint density at radius 1 is 1.50 bits per heavy atom. The second kappa shape index (κ2) is 5.09. The summed E-state index contributed by atoms with van der Waals surface area (Å²) in [6.45, 7) is 0. The quantitative estimate of drug-likeness (QED) is 0.885. The fourth-order valence-corrected chi connectivity index (χ4v) is 2.13. The molecule has 4 heteroatoms. The van der Waals surface area contributed by atoms with Crippen LogP contribution in [-0.4, -0.2) is 17.2 Å². The number of aliphatic hydroxyl groups excluding tert-OH is 1. The molecule has 2 rings (SSSR count). The van der Waals surface area contributed by atoms with Crippen LogP contribution in [0.2, 0.25) is 0 Å². The fourth-order valence-electron chi connectivity index (χ4n) is 1.51. The standard InChI is InChI=1S/C12H13NO2S/c1-15-10-4-2-3-9(7-10)8-11(14)12-13-5-6-16-12/h2-7,11,14H,8H2,1H3. The van der Waals surface area contributed by atoms with Crippen LogP contribution in [0.25, 0.3) is 0 Å². The number of hydrogen-bond acceptors (Lipinski definition) is 4. The second-order valence-corrected chi connectivity index (χ2v) is 4.37. The topological polar surface area (TPSA) is 42.4 Å². The summed E-state index contributed by atoms with van der Waals surface area (Å²) < 4.78 is 5.13. The Balaban J connectivity index is 2.08. The van der Waals surface area contributed by atoms with Gasteiger partial charge in [0, 0.05) is 18.0 Å². The summed E-state index contributed by atoms with van der Waals surface area (Å²) in [7, 11) is 1.64. The van der Waals surface area contributed by atoms with Gasteiger partial charge in [-0.25, -0.2) is 4.98 Å². The van der Waals surface area contributed by atoms with Gasteiger partial charge in [-0.3, -0.25) is 0 Å². The molecule has 84 valence electrons. The Kier molecular flexibility index (Phi) is 3.54. The number of benzene rings is 1. The zero-order valence-corrected chi connectivity index (χ0v) is 9.78. The smallest absolute Gasteiger partial charge is 0.121 e. The molecule has 0 spiro atoms. The SMILES string of the molecule is COc1cccc(CC(O)c2nccs2)c1. The van der Waals surface area contributed by atoms with E-state index in [1.165, 1.54) is 11.3 Å². The largest absolute Gasteiger partial charge is 0.497 e. The number of rotatable bonds is 4. The predicted molar refractivity (Wildman–Crippen MR) is 63.8 cm³/mol. The summed E-state index contributed by atoms with van der Waals surface area (Å²) >= 11 is 1.47. The highest BCUT2D eigenvalue weighted by atomic mass is 32.1. The van der Waals surface area contributed by atoms with Crippen molar-refractivity contribution in [1.82, 2.24) is 4.98 Å². The van der Waals surface area contributed by atoms with Crippen LogP contribution in [0.1, 0.15) is 16.7 Å². The molecule has 1 unspecified atom stereocenters. The van der Waals surface area contributed by atoms with Crippen LogP contribution < -0.4 is 4.74 Å². The second-order valence-electron chi connectivity index (χ2n) is 3.44. The number of aromatic nitrogens is 1. The molecule has 0 amide bonds. The maximum atomic E-state index is 9.93. The van der Waals surface area contributed by atoms with Gasteiger partial charge in [0.05, 0.1) is 7.11 Å². The average molecular weight is 235 g/mol. The third-order valence-electron chi connectivity index (χ3n) is 2.30. The van der Waals surface area contributed by atoms with Crippen LogP contribution in [0, 0.1) is 0 Å². The monoisotopic (exact) mass is 235 g/mol. The molecule has 16 heavy (non-hydrogen) atoms. The van der Waals surface area contributed by atoms with Crippen LogP contribution >= 0.6 is 11.3 Å². The van der Waals surface area contributed by atoms with Crippen molar-refractivity contribution in [3.8, 4) is 5.75 Å². The van der Waals surface area contributed by atoms with E-state index in [2.05, 4.69) is 4.98 Å². The van der Waals surface area contributed by atoms with E-state index in [9.17, 15) is 5.11 Å². The number of methoxy groups -OCH3 is 1. The lowest BCUT2D eigenvalue weighted by Gasteiger charge is -2.08. The van der Waals surface area contributed by atoms with Gasteiger partial charge in [0.25, 0.3) is 0 Å². The zero-order valence-electron chi connectivity index (χ0n) is 8.96. The summed E-state index contributed by atoms with van der Waals surface area (Å²) in [6, 6.07) is 7.71. The first kappa shape index (κ1) is 11.1. The lowest BCUT2D eigenvalue weighted by atomic mass is 10.1. The van der Waals surface area contributed by atoms with Gasteiger partial charge in [-0.2, -0.15) is 0 Å². The van der Waals surface area contributed by atoms with Crippen molar-refractivity contribution in [2.45, 2.75) is 12.5 Å². The highest BCUT2D eigenvalue weighted by Gasteiger charge is 2.11. The molecule has 0 saturated carbocycles. The highest BCUT2D eigenvalue weighted by Crippen LogP contribution is 2.22. The average Bonchev–Trinajstić information content (AvgIpc) is 2.83. The van der Waals surface area contributed by atoms with Gasteiger partial charge in [0.1, 0.15) is 16.9 Å². The molecule has 3 nitrogen and oxygen atoms in total. The molecule has 0 fully saturated rings. The van der Waals surface area contributed by atoms with Gasteiger partial charge >= 0.3 is 0 Å². The van der Waals surface area contributed by atoms with Gasteiger partial charge in [0.15, 0.2) is 0 Å². The molecule has 0 saturated heterocycles. The molecule has 1 aromatic heterocycles. The van der Waals surface area contributed by atoms with Crippen molar-refractivity contribution in [2.75, 3.05) is 7.11 Å². The summed E-state index contributed by atoms with van der Waals surface area (Å²) in [5.74, 6) is 0.809. The van der Waals surface area contributed by atoms with Gasteiger partial charge in [-0.05, 0) is 17.7 Å². The van der Waals surface area contributed by atoms with E-state index in [0.717, 1.165) is 16.3 Å².